The lowest BCUT2D eigenvalue weighted by Crippen LogP contribution is -2.37. The lowest BCUT2D eigenvalue weighted by molar-refractivity contribution is -0.870. The Morgan fingerprint density at radius 2 is 1.02 bits per heavy atom. The van der Waals surface area contributed by atoms with Crippen molar-refractivity contribution >= 4 is 13.8 Å². The van der Waals surface area contributed by atoms with E-state index in [0.29, 0.717) is 24.1 Å². The SMILES string of the molecule is CCCCC/C=C\C/C=C\CCCCCCCCCCCC(=O)OC(COCCCCCCCCCCCCCCC)COP(=O)([O-])OCC[N+](C)(C)C. The van der Waals surface area contributed by atoms with Crippen molar-refractivity contribution in [3.63, 3.8) is 0 Å². The van der Waals surface area contributed by atoms with E-state index < -0.39 is 13.9 Å². The monoisotopic (exact) mass is 786 g/mol. The molecule has 2 unspecified atom stereocenters. The minimum Gasteiger partial charge on any atom is -0.756 e. The van der Waals surface area contributed by atoms with Crippen LogP contribution in [-0.2, 0) is 27.9 Å². The number of allylic oxidation sites excluding steroid dienone is 4. The number of hydrogen-bond donors (Lipinski definition) is 0. The first-order chi connectivity index (χ1) is 26.1. The third-order valence-electron chi connectivity index (χ3n) is 9.76. The molecular formula is C45H88NO7P. The molecule has 0 saturated heterocycles. The van der Waals surface area contributed by atoms with Gasteiger partial charge in [0.05, 0.1) is 34.4 Å². The molecule has 0 aliphatic heterocycles. The summed E-state index contributed by atoms with van der Waals surface area (Å²) >= 11 is 0. The second-order valence-electron chi connectivity index (χ2n) is 16.4. The van der Waals surface area contributed by atoms with Crippen LogP contribution in [0.4, 0.5) is 0 Å². The molecule has 0 amide bonds. The maximum atomic E-state index is 12.7. The summed E-state index contributed by atoms with van der Waals surface area (Å²) in [6, 6.07) is 0. The van der Waals surface area contributed by atoms with Crippen molar-refractivity contribution in [3.05, 3.63) is 24.3 Å². The predicted octanol–water partition coefficient (Wildman–Crippen LogP) is 12.6. The van der Waals surface area contributed by atoms with Crippen molar-refractivity contribution in [3.8, 4) is 0 Å². The number of unbranched alkanes of at least 4 members (excludes halogenated alkanes) is 24. The van der Waals surface area contributed by atoms with Gasteiger partial charge in [-0.3, -0.25) is 9.36 Å². The van der Waals surface area contributed by atoms with E-state index in [1.54, 1.807) is 0 Å². The van der Waals surface area contributed by atoms with Gasteiger partial charge in [0.1, 0.15) is 19.3 Å². The van der Waals surface area contributed by atoms with Crippen molar-refractivity contribution in [2.45, 2.75) is 206 Å². The average Bonchev–Trinajstić information content (AvgIpc) is 3.12. The van der Waals surface area contributed by atoms with Gasteiger partial charge in [0.15, 0.2) is 0 Å². The standard InChI is InChI=1S/C45H88NO7P/c1-6-8-10-12-14-16-18-20-21-22-23-24-25-26-28-30-32-34-36-38-45(47)53-44(43-52-54(48,49)51-41-39-46(3,4)5)42-50-40-37-35-33-31-29-27-19-17-15-13-11-9-7-2/h14,16,20-21,44H,6-13,15,17-19,22-43H2,1-5H3/b16-14-,21-20-. The Morgan fingerprint density at radius 1 is 0.574 bits per heavy atom. The fraction of sp³-hybridized carbons (Fsp3) is 0.889. The van der Waals surface area contributed by atoms with E-state index in [0.717, 1.165) is 38.5 Å². The highest BCUT2D eigenvalue weighted by Gasteiger charge is 2.20. The second kappa shape index (κ2) is 38.8. The highest BCUT2D eigenvalue weighted by molar-refractivity contribution is 7.45. The van der Waals surface area contributed by atoms with Crippen molar-refractivity contribution < 1.29 is 37.3 Å². The molecule has 0 bridgehead atoms. The first-order valence-electron chi connectivity index (χ1n) is 22.6. The van der Waals surface area contributed by atoms with Gasteiger partial charge in [-0.25, -0.2) is 0 Å². The number of likely N-dealkylation sites (N-methyl/N-ethyl adjacent to an activating group) is 1. The molecule has 0 aromatic rings. The van der Waals surface area contributed by atoms with Crippen LogP contribution in [0.2, 0.25) is 0 Å². The van der Waals surface area contributed by atoms with Gasteiger partial charge in [-0.2, -0.15) is 0 Å². The molecule has 0 fully saturated rings. The molecule has 0 aromatic heterocycles. The van der Waals surface area contributed by atoms with E-state index in [1.165, 1.54) is 141 Å². The quantitative estimate of drug-likeness (QED) is 0.0200. The van der Waals surface area contributed by atoms with Crippen molar-refractivity contribution in [1.82, 2.24) is 0 Å². The van der Waals surface area contributed by atoms with Crippen LogP contribution in [0.1, 0.15) is 200 Å². The summed E-state index contributed by atoms with van der Waals surface area (Å²) in [5.74, 6) is -0.336. The Labute approximate surface area is 334 Å². The molecule has 9 heteroatoms. The van der Waals surface area contributed by atoms with Crippen molar-refractivity contribution in [2.75, 3.05) is 54.1 Å². The Kier molecular flexibility index (Phi) is 38.1. The number of carbonyl (C=O) groups excluding carboxylic acids is 1. The lowest BCUT2D eigenvalue weighted by atomic mass is 10.0. The first kappa shape index (κ1) is 53.0. The number of phosphoric ester groups is 1. The molecule has 0 aromatic carbocycles. The zero-order valence-corrected chi connectivity index (χ0v) is 37.1. The van der Waals surface area contributed by atoms with Gasteiger partial charge in [0, 0.05) is 13.0 Å². The molecule has 0 aliphatic rings. The van der Waals surface area contributed by atoms with Crippen LogP contribution >= 0.6 is 7.82 Å². The number of nitrogens with zero attached hydrogens (tertiary/aromatic N) is 1. The molecule has 2 atom stereocenters. The summed E-state index contributed by atoms with van der Waals surface area (Å²) in [5, 5.41) is 0. The summed E-state index contributed by atoms with van der Waals surface area (Å²) in [5.41, 5.74) is 0. The molecule has 320 valence electrons. The molecular weight excluding hydrogens is 697 g/mol. The van der Waals surface area contributed by atoms with Crippen LogP contribution in [-0.4, -0.2) is 70.7 Å². The van der Waals surface area contributed by atoms with Gasteiger partial charge in [0.2, 0.25) is 0 Å². The van der Waals surface area contributed by atoms with E-state index in [4.69, 9.17) is 18.5 Å². The maximum Gasteiger partial charge on any atom is 0.306 e. The van der Waals surface area contributed by atoms with Crippen LogP contribution < -0.4 is 4.89 Å². The van der Waals surface area contributed by atoms with E-state index in [1.807, 2.05) is 21.1 Å². The molecule has 0 radical (unpaired) electrons. The Balaban J connectivity index is 4.19. The molecule has 0 saturated carbocycles. The third-order valence-corrected chi connectivity index (χ3v) is 10.7. The summed E-state index contributed by atoms with van der Waals surface area (Å²) in [7, 11) is 1.36. The number of esters is 1. The van der Waals surface area contributed by atoms with E-state index in [2.05, 4.69) is 38.2 Å². The van der Waals surface area contributed by atoms with Crippen molar-refractivity contribution in [2.24, 2.45) is 0 Å². The highest BCUT2D eigenvalue weighted by Crippen LogP contribution is 2.38. The Hall–Kier alpha value is -1.02. The van der Waals surface area contributed by atoms with E-state index in [9.17, 15) is 14.3 Å². The molecule has 54 heavy (non-hydrogen) atoms. The highest BCUT2D eigenvalue weighted by atomic mass is 31.2. The van der Waals surface area contributed by atoms with E-state index in [-0.39, 0.29) is 25.8 Å². The van der Waals surface area contributed by atoms with Crippen molar-refractivity contribution in [1.29, 1.82) is 0 Å². The molecule has 0 rings (SSSR count). The molecule has 8 nitrogen and oxygen atoms in total. The smallest absolute Gasteiger partial charge is 0.306 e. The van der Waals surface area contributed by atoms with Gasteiger partial charge >= 0.3 is 5.97 Å². The van der Waals surface area contributed by atoms with Crippen LogP contribution in [0, 0.1) is 0 Å². The number of hydrogen-bond acceptors (Lipinski definition) is 7. The maximum absolute atomic E-state index is 12.7. The molecule has 0 N–H and O–H groups in total. The van der Waals surface area contributed by atoms with Gasteiger partial charge < -0.3 is 27.9 Å². The van der Waals surface area contributed by atoms with Gasteiger partial charge in [-0.15, -0.1) is 0 Å². The topological polar surface area (TPSA) is 94.1 Å². The molecule has 0 spiro atoms. The van der Waals surface area contributed by atoms with Gasteiger partial charge in [-0.05, 0) is 44.9 Å². The zero-order valence-electron chi connectivity index (χ0n) is 36.2. The number of phosphoric acid groups is 1. The largest absolute Gasteiger partial charge is 0.756 e. The van der Waals surface area contributed by atoms with Gasteiger partial charge in [-0.1, -0.05) is 173 Å². The predicted molar refractivity (Wildman–Crippen MR) is 227 cm³/mol. The Morgan fingerprint density at radius 3 is 1.54 bits per heavy atom. The number of quaternary nitrogens is 1. The van der Waals surface area contributed by atoms with Crippen LogP contribution in [0.5, 0.6) is 0 Å². The summed E-state index contributed by atoms with van der Waals surface area (Å²) in [6.45, 7) is 5.41. The van der Waals surface area contributed by atoms with Crippen LogP contribution in [0.3, 0.4) is 0 Å². The fourth-order valence-electron chi connectivity index (χ4n) is 6.22. The number of ether oxygens (including phenoxy) is 2. The molecule has 0 aliphatic carbocycles. The fourth-order valence-corrected chi connectivity index (χ4v) is 6.95. The van der Waals surface area contributed by atoms with E-state index >= 15 is 0 Å². The zero-order chi connectivity index (χ0) is 39.9. The first-order valence-corrected chi connectivity index (χ1v) is 24.0. The van der Waals surface area contributed by atoms with Gasteiger partial charge in [0.25, 0.3) is 7.82 Å². The minimum absolute atomic E-state index is 0.0272. The second-order valence-corrected chi connectivity index (χ2v) is 17.8. The summed E-state index contributed by atoms with van der Waals surface area (Å²) < 4.78 is 34.6. The summed E-state index contributed by atoms with van der Waals surface area (Å²) in [4.78, 5) is 25.1. The van der Waals surface area contributed by atoms with Crippen LogP contribution in [0.25, 0.3) is 0 Å². The minimum atomic E-state index is -4.52. The normalized spacial score (nSPS) is 14.0. The number of rotatable bonds is 42. The van der Waals surface area contributed by atoms with Crippen LogP contribution in [0.15, 0.2) is 24.3 Å². The average molecular weight is 786 g/mol. The molecule has 0 heterocycles. The third kappa shape index (κ3) is 42.1. The summed E-state index contributed by atoms with van der Waals surface area (Å²) in [6.07, 6.45) is 43.2. The lowest BCUT2D eigenvalue weighted by Gasteiger charge is -2.28. The Bertz CT molecular complexity index is 920. The number of carbonyl (C=O) groups is 1.